The Labute approximate surface area is 190 Å². The lowest BCUT2D eigenvalue weighted by Gasteiger charge is -2.27. The normalized spacial score (nSPS) is 16.2. The van der Waals surface area contributed by atoms with Gasteiger partial charge >= 0.3 is 7.12 Å². The van der Waals surface area contributed by atoms with E-state index in [0.717, 1.165) is 16.6 Å². The molecule has 32 heavy (non-hydrogen) atoms. The lowest BCUT2D eigenvalue weighted by Crippen LogP contribution is -2.35. The van der Waals surface area contributed by atoms with Crippen molar-refractivity contribution in [2.24, 2.45) is 0 Å². The lowest BCUT2D eigenvalue weighted by molar-refractivity contribution is 0.0608. The molecule has 1 saturated heterocycles. The SMILES string of the molecule is C=C1OB(c2ccc(C(c3ccc(Cl)cc3)N3C(=O)c4ccccc4C3=O)cc2)OC1=C. The van der Waals surface area contributed by atoms with E-state index in [0.29, 0.717) is 27.7 Å². The topological polar surface area (TPSA) is 55.8 Å². The highest BCUT2D eigenvalue weighted by atomic mass is 35.5. The molecule has 0 bridgehead atoms. The van der Waals surface area contributed by atoms with Crippen LogP contribution in [0, 0.1) is 0 Å². The van der Waals surface area contributed by atoms with Gasteiger partial charge in [-0.25, -0.2) is 0 Å². The molecule has 2 amide bonds. The summed E-state index contributed by atoms with van der Waals surface area (Å²) in [7, 11) is -0.627. The molecule has 0 saturated carbocycles. The first kappa shape index (κ1) is 20.2. The zero-order valence-corrected chi connectivity index (χ0v) is 17.7. The number of carbonyl (C=O) groups excluding carboxylic acids is 2. The number of benzene rings is 3. The fourth-order valence-electron chi connectivity index (χ4n) is 3.96. The molecule has 1 unspecified atom stereocenters. The summed E-state index contributed by atoms with van der Waals surface area (Å²) >= 11 is 6.08. The standard InChI is InChI=1S/C25H17BClNO4/c1-15-16(2)32-26(31-15)19-11-7-17(8-12-19)23(18-9-13-20(27)14-10-18)28-24(29)21-5-3-4-6-22(21)25(28)30/h3-14,23H,1-2H2. The second kappa shape index (κ2) is 7.73. The summed E-state index contributed by atoms with van der Waals surface area (Å²) in [6.07, 6.45) is 0. The quantitative estimate of drug-likeness (QED) is 0.442. The van der Waals surface area contributed by atoms with E-state index in [1.807, 2.05) is 36.4 Å². The minimum Gasteiger partial charge on any atom is -0.520 e. The van der Waals surface area contributed by atoms with Crippen molar-refractivity contribution in [2.75, 3.05) is 0 Å². The maximum Gasteiger partial charge on any atom is 0.632 e. The zero-order chi connectivity index (χ0) is 22.4. The largest absolute Gasteiger partial charge is 0.632 e. The van der Waals surface area contributed by atoms with Gasteiger partial charge in [0.2, 0.25) is 0 Å². The third-order valence-electron chi connectivity index (χ3n) is 5.60. The third kappa shape index (κ3) is 3.29. The van der Waals surface area contributed by atoms with E-state index in [9.17, 15) is 9.59 Å². The first-order valence-corrected chi connectivity index (χ1v) is 10.4. The molecule has 156 valence electrons. The summed E-state index contributed by atoms with van der Waals surface area (Å²) in [4.78, 5) is 27.8. The average molecular weight is 442 g/mol. The molecular weight excluding hydrogens is 425 g/mol. The van der Waals surface area contributed by atoms with Gasteiger partial charge < -0.3 is 9.31 Å². The van der Waals surface area contributed by atoms with Gasteiger partial charge in [-0.2, -0.15) is 0 Å². The van der Waals surface area contributed by atoms with Crippen LogP contribution in [-0.4, -0.2) is 23.8 Å². The second-order valence-corrected chi connectivity index (χ2v) is 8.00. The number of imide groups is 1. The van der Waals surface area contributed by atoms with Gasteiger partial charge in [0.1, 0.15) is 11.5 Å². The number of hydrogen-bond acceptors (Lipinski definition) is 4. The fraction of sp³-hybridized carbons (Fsp3) is 0.0400. The minimum atomic E-state index is -0.627. The fourth-order valence-corrected chi connectivity index (χ4v) is 4.09. The molecule has 5 nitrogen and oxygen atoms in total. The summed E-state index contributed by atoms with van der Waals surface area (Å²) in [6, 6.07) is 20.8. The highest BCUT2D eigenvalue weighted by Gasteiger charge is 2.41. The van der Waals surface area contributed by atoms with Crippen LogP contribution in [0.3, 0.4) is 0 Å². The van der Waals surface area contributed by atoms with Crippen molar-refractivity contribution in [1.29, 1.82) is 0 Å². The number of hydrogen-bond donors (Lipinski definition) is 0. The van der Waals surface area contributed by atoms with Crippen LogP contribution >= 0.6 is 11.6 Å². The Bertz CT molecular complexity index is 1220. The highest BCUT2D eigenvalue weighted by Crippen LogP contribution is 2.36. The van der Waals surface area contributed by atoms with E-state index < -0.39 is 13.2 Å². The Morgan fingerprint density at radius 2 is 1.22 bits per heavy atom. The van der Waals surface area contributed by atoms with E-state index in [2.05, 4.69) is 13.2 Å². The zero-order valence-electron chi connectivity index (χ0n) is 17.0. The summed E-state index contributed by atoms with van der Waals surface area (Å²) < 4.78 is 11.2. The van der Waals surface area contributed by atoms with Crippen LogP contribution in [-0.2, 0) is 9.31 Å². The molecule has 0 aliphatic carbocycles. The van der Waals surface area contributed by atoms with Crippen LogP contribution < -0.4 is 5.46 Å². The van der Waals surface area contributed by atoms with E-state index in [1.54, 1.807) is 36.4 Å². The van der Waals surface area contributed by atoms with Gasteiger partial charge in [-0.1, -0.05) is 73.3 Å². The molecule has 0 aromatic heterocycles. The summed E-state index contributed by atoms with van der Waals surface area (Å²) in [6.45, 7) is 7.51. The smallest absolute Gasteiger partial charge is 0.520 e. The van der Waals surface area contributed by atoms with Crippen LogP contribution in [0.1, 0.15) is 37.9 Å². The lowest BCUT2D eigenvalue weighted by atomic mass is 9.78. The molecule has 5 rings (SSSR count). The van der Waals surface area contributed by atoms with Gasteiger partial charge in [0.05, 0.1) is 17.2 Å². The molecule has 1 atom stereocenters. The Kier molecular flexibility index (Phi) is 4.87. The monoisotopic (exact) mass is 441 g/mol. The molecule has 0 N–H and O–H groups in total. The molecule has 2 aliphatic heterocycles. The van der Waals surface area contributed by atoms with Crippen molar-refractivity contribution in [3.05, 3.63) is 125 Å². The van der Waals surface area contributed by atoms with Gasteiger partial charge in [0.15, 0.2) is 0 Å². The van der Waals surface area contributed by atoms with Crippen molar-refractivity contribution >= 4 is 36.0 Å². The van der Waals surface area contributed by atoms with Gasteiger partial charge in [0, 0.05) is 10.5 Å². The molecule has 0 radical (unpaired) electrons. The first-order valence-electron chi connectivity index (χ1n) is 9.98. The predicted molar refractivity (Wildman–Crippen MR) is 123 cm³/mol. The van der Waals surface area contributed by atoms with Crippen molar-refractivity contribution < 1.29 is 18.9 Å². The maximum atomic E-state index is 13.2. The summed E-state index contributed by atoms with van der Waals surface area (Å²) in [5.41, 5.74) is 3.11. The summed E-state index contributed by atoms with van der Waals surface area (Å²) in [5.74, 6) is 0.127. The van der Waals surface area contributed by atoms with Crippen LogP contribution in [0.25, 0.3) is 0 Å². The van der Waals surface area contributed by atoms with Crippen LogP contribution in [0.5, 0.6) is 0 Å². The third-order valence-corrected chi connectivity index (χ3v) is 5.86. The Hall–Kier alpha value is -3.77. The molecule has 0 spiro atoms. The number of amides is 2. The van der Waals surface area contributed by atoms with E-state index in [1.165, 1.54) is 4.90 Å². The number of halogens is 1. The van der Waals surface area contributed by atoms with Crippen molar-refractivity contribution in [1.82, 2.24) is 4.90 Å². The highest BCUT2D eigenvalue weighted by molar-refractivity contribution is 6.62. The number of rotatable bonds is 4. The summed E-state index contributed by atoms with van der Waals surface area (Å²) in [5, 5.41) is 0.571. The van der Waals surface area contributed by atoms with Crippen molar-refractivity contribution in [2.45, 2.75) is 6.04 Å². The van der Waals surface area contributed by atoms with Gasteiger partial charge in [-0.3, -0.25) is 14.5 Å². The molecule has 7 heteroatoms. The average Bonchev–Trinajstić information content (AvgIpc) is 3.27. The molecule has 2 heterocycles. The Balaban J connectivity index is 1.55. The Morgan fingerprint density at radius 1 is 0.750 bits per heavy atom. The second-order valence-electron chi connectivity index (χ2n) is 7.56. The van der Waals surface area contributed by atoms with Crippen LogP contribution in [0.4, 0.5) is 0 Å². The van der Waals surface area contributed by atoms with E-state index >= 15 is 0 Å². The maximum absolute atomic E-state index is 13.2. The van der Waals surface area contributed by atoms with E-state index in [4.69, 9.17) is 20.9 Å². The van der Waals surface area contributed by atoms with Crippen LogP contribution in [0.2, 0.25) is 5.02 Å². The van der Waals surface area contributed by atoms with E-state index in [-0.39, 0.29) is 11.8 Å². The first-order chi connectivity index (χ1) is 15.4. The van der Waals surface area contributed by atoms with Crippen molar-refractivity contribution in [3.8, 4) is 0 Å². The van der Waals surface area contributed by atoms with Crippen molar-refractivity contribution in [3.63, 3.8) is 0 Å². The van der Waals surface area contributed by atoms with Gasteiger partial charge in [-0.05, 0) is 35.4 Å². The molecule has 1 fully saturated rings. The molecule has 2 aliphatic rings. The number of carbonyl (C=O) groups is 2. The predicted octanol–water partition coefficient (Wildman–Crippen LogP) is 4.50. The van der Waals surface area contributed by atoms with Crippen LogP contribution in [0.15, 0.2) is 97.5 Å². The molecular formula is C25H17BClNO4. The molecule has 3 aromatic carbocycles. The Morgan fingerprint density at radius 3 is 1.72 bits per heavy atom. The number of nitrogens with zero attached hydrogens (tertiary/aromatic N) is 1. The minimum absolute atomic E-state index is 0.329. The van der Waals surface area contributed by atoms with Gasteiger partial charge in [-0.15, -0.1) is 0 Å². The van der Waals surface area contributed by atoms with Gasteiger partial charge in [0.25, 0.3) is 11.8 Å². The molecule has 3 aromatic rings. The number of fused-ring (bicyclic) bond motifs is 1.